The Balaban J connectivity index is 2.28. The topological polar surface area (TPSA) is 47.6 Å². The monoisotopic (exact) mass is 306 g/mol. The number of rotatable bonds is 4. The van der Waals surface area contributed by atoms with Gasteiger partial charge in [0.2, 0.25) is 0 Å². The number of benzene rings is 2. The van der Waals surface area contributed by atoms with E-state index in [0.29, 0.717) is 11.1 Å². The Morgan fingerprint density at radius 3 is 2.23 bits per heavy atom. The highest BCUT2D eigenvalue weighted by Crippen LogP contribution is 2.23. The molecule has 0 aliphatic heterocycles. The van der Waals surface area contributed by atoms with Crippen LogP contribution in [-0.2, 0) is 12.8 Å². The second-order valence-electron chi connectivity index (χ2n) is 5.15. The molecule has 2 rings (SSSR count). The molecule has 2 aromatic rings. The summed E-state index contributed by atoms with van der Waals surface area (Å²) < 4.78 is 0. The number of aryl methyl sites for hydroxylation is 3. The van der Waals surface area contributed by atoms with Crippen molar-refractivity contribution in [1.82, 2.24) is 0 Å². The number of hydrogen-bond acceptors (Lipinski definition) is 2. The Morgan fingerprint density at radius 1 is 1.05 bits per heavy atom. The number of hydrogen-bond donors (Lipinski definition) is 0. The van der Waals surface area contributed by atoms with Gasteiger partial charge in [-0.1, -0.05) is 30.3 Å². The molecule has 2 nitrogen and oxygen atoms in total. The van der Waals surface area contributed by atoms with Gasteiger partial charge in [-0.25, -0.2) is 0 Å². The first-order valence-corrected chi connectivity index (χ1v) is 7.30. The molecule has 3 heteroatoms. The summed E-state index contributed by atoms with van der Waals surface area (Å²) >= 11 is 6.14. The second kappa shape index (κ2) is 6.94. The lowest BCUT2D eigenvalue weighted by Gasteiger charge is -2.10. The molecule has 0 saturated heterocycles. The van der Waals surface area contributed by atoms with Crippen LogP contribution < -0.4 is 0 Å². The maximum Gasteiger partial charge on any atom is 0.0992 e. The quantitative estimate of drug-likeness (QED) is 0.813. The summed E-state index contributed by atoms with van der Waals surface area (Å²) in [4.78, 5) is 0. The molecule has 0 amide bonds. The fraction of sp³-hybridized carbons (Fsp3) is 0.158. The first-order valence-electron chi connectivity index (χ1n) is 6.93. The SMILES string of the molecule is C=Cc1cc(Cl)c(C)cc1CCc1cc(C#N)cc(C#N)c1. The molecular formula is C19H15ClN2. The zero-order valence-corrected chi connectivity index (χ0v) is 13.1. The second-order valence-corrected chi connectivity index (χ2v) is 5.55. The first kappa shape index (κ1) is 15.8. The van der Waals surface area contributed by atoms with E-state index in [2.05, 4.69) is 24.8 Å². The van der Waals surface area contributed by atoms with Crippen LogP contribution >= 0.6 is 11.6 Å². The predicted octanol–water partition coefficient (Wildman–Crippen LogP) is 4.82. The van der Waals surface area contributed by atoms with Gasteiger partial charge < -0.3 is 0 Å². The predicted molar refractivity (Wildman–Crippen MR) is 89.6 cm³/mol. The van der Waals surface area contributed by atoms with Crippen molar-refractivity contribution in [3.05, 3.63) is 75.3 Å². The van der Waals surface area contributed by atoms with Crippen LogP contribution in [0.2, 0.25) is 5.02 Å². The van der Waals surface area contributed by atoms with Crippen LogP contribution in [0.25, 0.3) is 6.08 Å². The molecule has 22 heavy (non-hydrogen) atoms. The first-order chi connectivity index (χ1) is 10.6. The van der Waals surface area contributed by atoms with Crippen LogP contribution in [0.3, 0.4) is 0 Å². The minimum absolute atomic E-state index is 0.519. The highest BCUT2D eigenvalue weighted by Gasteiger charge is 2.06. The number of nitrogens with zero attached hydrogens (tertiary/aromatic N) is 2. The third-order valence-electron chi connectivity index (χ3n) is 3.57. The zero-order valence-electron chi connectivity index (χ0n) is 12.4. The van der Waals surface area contributed by atoms with Crippen molar-refractivity contribution in [3.8, 4) is 12.1 Å². The molecule has 0 fully saturated rings. The highest BCUT2D eigenvalue weighted by molar-refractivity contribution is 6.31. The Morgan fingerprint density at radius 2 is 1.68 bits per heavy atom. The highest BCUT2D eigenvalue weighted by atomic mass is 35.5. The number of nitriles is 2. The zero-order chi connectivity index (χ0) is 16.1. The van der Waals surface area contributed by atoms with Gasteiger partial charge in [-0.05, 0) is 66.3 Å². The van der Waals surface area contributed by atoms with Crippen molar-refractivity contribution in [2.45, 2.75) is 19.8 Å². The van der Waals surface area contributed by atoms with E-state index in [1.54, 1.807) is 12.1 Å². The molecular weight excluding hydrogens is 292 g/mol. The average molecular weight is 307 g/mol. The van der Waals surface area contributed by atoms with Crippen molar-refractivity contribution < 1.29 is 0 Å². The summed E-state index contributed by atoms with van der Waals surface area (Å²) in [5.74, 6) is 0. The largest absolute Gasteiger partial charge is 0.192 e. The maximum atomic E-state index is 9.03. The minimum Gasteiger partial charge on any atom is -0.192 e. The van der Waals surface area contributed by atoms with E-state index < -0.39 is 0 Å². The molecule has 108 valence electrons. The van der Waals surface area contributed by atoms with E-state index in [0.717, 1.165) is 40.1 Å². The Kier molecular flexibility index (Phi) is 4.99. The van der Waals surface area contributed by atoms with E-state index in [4.69, 9.17) is 22.1 Å². The molecule has 0 heterocycles. The Labute approximate surface area is 135 Å². The molecule has 0 N–H and O–H groups in total. The summed E-state index contributed by atoms with van der Waals surface area (Å²) in [6, 6.07) is 13.4. The van der Waals surface area contributed by atoms with Crippen molar-refractivity contribution >= 4 is 17.7 Å². The van der Waals surface area contributed by atoms with Crippen LogP contribution in [0.4, 0.5) is 0 Å². The molecule has 0 aromatic heterocycles. The molecule has 0 atom stereocenters. The summed E-state index contributed by atoms with van der Waals surface area (Å²) in [6.07, 6.45) is 3.36. The van der Waals surface area contributed by atoms with E-state index in [1.165, 1.54) is 0 Å². The van der Waals surface area contributed by atoms with Gasteiger partial charge in [0, 0.05) is 5.02 Å². The normalized spacial score (nSPS) is 9.82. The van der Waals surface area contributed by atoms with Crippen LogP contribution in [0.1, 0.15) is 33.4 Å². The fourth-order valence-electron chi connectivity index (χ4n) is 2.41. The lowest BCUT2D eigenvalue weighted by atomic mass is 9.96. The maximum absolute atomic E-state index is 9.03. The van der Waals surface area contributed by atoms with E-state index in [-0.39, 0.29) is 0 Å². The molecule has 0 bridgehead atoms. The molecule has 0 spiro atoms. The van der Waals surface area contributed by atoms with Crippen molar-refractivity contribution in [2.75, 3.05) is 0 Å². The lowest BCUT2D eigenvalue weighted by Crippen LogP contribution is -1.97. The van der Waals surface area contributed by atoms with E-state index >= 15 is 0 Å². The molecule has 0 aliphatic carbocycles. The van der Waals surface area contributed by atoms with Crippen LogP contribution in [0.5, 0.6) is 0 Å². The summed E-state index contributed by atoms with van der Waals surface area (Å²) in [5, 5.41) is 18.8. The molecule has 0 saturated carbocycles. The standard InChI is InChI=1S/C19H15ClN2/c1-3-17-10-19(20)13(2)6-18(17)5-4-14-7-15(11-21)9-16(8-14)12-22/h3,6-10H,1,4-5H2,2H3. The number of halogens is 1. The van der Waals surface area contributed by atoms with Gasteiger partial charge in [0.05, 0.1) is 23.3 Å². The lowest BCUT2D eigenvalue weighted by molar-refractivity contribution is 0.953. The third kappa shape index (κ3) is 3.55. The van der Waals surface area contributed by atoms with Crippen molar-refractivity contribution in [2.24, 2.45) is 0 Å². The van der Waals surface area contributed by atoms with Crippen LogP contribution in [0.15, 0.2) is 36.9 Å². The molecule has 0 unspecified atom stereocenters. The fourth-order valence-corrected chi connectivity index (χ4v) is 2.58. The van der Waals surface area contributed by atoms with Gasteiger partial charge in [0.15, 0.2) is 0 Å². The van der Waals surface area contributed by atoms with Gasteiger partial charge in [0.1, 0.15) is 0 Å². The van der Waals surface area contributed by atoms with E-state index in [9.17, 15) is 0 Å². The van der Waals surface area contributed by atoms with Crippen LogP contribution in [0, 0.1) is 29.6 Å². The van der Waals surface area contributed by atoms with Gasteiger partial charge >= 0.3 is 0 Å². The molecule has 0 aliphatic rings. The average Bonchev–Trinajstić information content (AvgIpc) is 2.55. The Bertz CT molecular complexity index is 775. The molecule has 2 aromatic carbocycles. The van der Waals surface area contributed by atoms with Gasteiger partial charge in [-0.15, -0.1) is 0 Å². The smallest absolute Gasteiger partial charge is 0.0992 e. The minimum atomic E-state index is 0.519. The van der Waals surface area contributed by atoms with Crippen molar-refractivity contribution in [3.63, 3.8) is 0 Å². The van der Waals surface area contributed by atoms with E-state index in [1.807, 2.05) is 25.1 Å². The van der Waals surface area contributed by atoms with Gasteiger partial charge in [0.25, 0.3) is 0 Å². The Hall–Kier alpha value is -2.55. The van der Waals surface area contributed by atoms with Gasteiger partial charge in [-0.3, -0.25) is 0 Å². The third-order valence-corrected chi connectivity index (χ3v) is 3.98. The van der Waals surface area contributed by atoms with Crippen molar-refractivity contribution in [1.29, 1.82) is 10.5 Å². The summed E-state index contributed by atoms with van der Waals surface area (Å²) in [5.41, 5.74) is 5.24. The van der Waals surface area contributed by atoms with Gasteiger partial charge in [-0.2, -0.15) is 10.5 Å². The molecule has 0 radical (unpaired) electrons. The summed E-state index contributed by atoms with van der Waals surface area (Å²) in [6.45, 7) is 5.80. The summed E-state index contributed by atoms with van der Waals surface area (Å²) in [7, 11) is 0. The van der Waals surface area contributed by atoms with Crippen LogP contribution in [-0.4, -0.2) is 0 Å².